The summed E-state index contributed by atoms with van der Waals surface area (Å²) >= 11 is 0. The van der Waals surface area contributed by atoms with Crippen LogP contribution in [0.2, 0.25) is 0 Å². The minimum atomic E-state index is -1.30. The third kappa shape index (κ3) is 14.6. The van der Waals surface area contributed by atoms with Gasteiger partial charge in [0.1, 0.15) is 58.6 Å². The molecule has 0 aliphatic carbocycles. The Morgan fingerprint density at radius 1 is 0.492 bits per heavy atom. The van der Waals surface area contributed by atoms with E-state index in [9.17, 15) is 19.5 Å². The second-order valence-electron chi connectivity index (χ2n) is 11.5. The van der Waals surface area contributed by atoms with Crippen LogP contribution in [0, 0.1) is 45.3 Å². The van der Waals surface area contributed by atoms with Crippen molar-refractivity contribution >= 4 is 46.0 Å². The molecule has 0 aliphatic heterocycles. The van der Waals surface area contributed by atoms with Crippen LogP contribution in [0.4, 0.5) is 28.4 Å². The van der Waals surface area contributed by atoms with Gasteiger partial charge in [-0.2, -0.15) is 21.0 Å². The number of aromatic carboxylic acids is 1. The maximum absolute atomic E-state index is 10.9. The zero-order valence-electron chi connectivity index (χ0n) is 32.0. The number of anilines is 5. The summed E-state index contributed by atoms with van der Waals surface area (Å²) in [5.74, 6) is -0.846. The summed E-state index contributed by atoms with van der Waals surface area (Å²) in [5.41, 5.74) is 30.1. The van der Waals surface area contributed by atoms with Gasteiger partial charge in [0.05, 0.1) is 64.8 Å². The number of Topliss-reactive ketones (excluding diaryl/α,β-unsaturated/α-hetero) is 2. The number of carbonyl (C=O) groups excluding carboxylic acids is 2. The number of carbonyl (C=O) groups is 3. The minimum absolute atomic E-state index is 0.0323. The summed E-state index contributed by atoms with van der Waals surface area (Å²) in [6.45, 7) is 2.80. The van der Waals surface area contributed by atoms with E-state index in [1.165, 1.54) is 44.2 Å². The van der Waals surface area contributed by atoms with Gasteiger partial charge >= 0.3 is 5.97 Å². The Kier molecular flexibility index (Phi) is 18.6. The number of phenolic OH excluding ortho intramolecular Hbond substituents is 2. The van der Waals surface area contributed by atoms with Gasteiger partial charge in [-0.25, -0.2) is 4.79 Å². The van der Waals surface area contributed by atoms with Crippen LogP contribution in [0.5, 0.6) is 28.7 Å². The van der Waals surface area contributed by atoms with Gasteiger partial charge in [-0.1, -0.05) is 0 Å². The van der Waals surface area contributed by atoms with E-state index in [1.54, 1.807) is 56.7 Å². The van der Waals surface area contributed by atoms with Crippen LogP contribution < -0.4 is 38.1 Å². The molecule has 0 bridgehead atoms. The highest BCUT2D eigenvalue weighted by molar-refractivity contribution is 5.99. The predicted octanol–water partition coefficient (Wildman–Crippen LogP) is 5.07. The Balaban J connectivity index is 0.000000370. The summed E-state index contributed by atoms with van der Waals surface area (Å²) < 4.78 is 9.84. The molecule has 0 amide bonds. The number of nitrogen functional groups attached to an aromatic ring is 5. The van der Waals surface area contributed by atoms with Crippen molar-refractivity contribution in [3.63, 3.8) is 0 Å². The first kappa shape index (κ1) is 47.9. The lowest BCUT2D eigenvalue weighted by Gasteiger charge is -2.03. The topological polar surface area (TPSA) is 376 Å². The fourth-order valence-electron chi connectivity index (χ4n) is 4.27. The molecule has 0 radical (unpaired) electrons. The van der Waals surface area contributed by atoms with E-state index in [0.29, 0.717) is 45.3 Å². The number of aromatic hydroxyl groups is 3. The number of rotatable bonds is 5. The van der Waals surface area contributed by atoms with Gasteiger partial charge in [-0.3, -0.25) is 9.59 Å². The summed E-state index contributed by atoms with van der Waals surface area (Å²) in [5, 5.41) is 69.8. The Morgan fingerprint density at radius 2 is 0.864 bits per heavy atom. The number of phenols is 3. The van der Waals surface area contributed by atoms with Crippen molar-refractivity contribution in [2.24, 2.45) is 0 Å². The highest BCUT2D eigenvalue weighted by Gasteiger charge is 2.13. The fraction of sp³-hybridized carbons (Fsp3) is 0.0976. The molecule has 0 saturated heterocycles. The molecule has 5 rings (SSSR count). The molecule has 0 aromatic heterocycles. The van der Waals surface area contributed by atoms with Crippen molar-refractivity contribution in [2.75, 3.05) is 42.9 Å². The van der Waals surface area contributed by atoms with Crippen LogP contribution in [-0.2, 0) is 0 Å². The number of benzene rings is 5. The number of carboxylic acids is 1. The van der Waals surface area contributed by atoms with Gasteiger partial charge < -0.3 is 58.6 Å². The van der Waals surface area contributed by atoms with Gasteiger partial charge in [0.25, 0.3) is 0 Å². The van der Waals surface area contributed by atoms with Crippen molar-refractivity contribution in [3.05, 3.63) is 118 Å². The number of carboxylic acid groups (broad SMARTS) is 1. The van der Waals surface area contributed by atoms with Crippen molar-refractivity contribution < 1.29 is 44.3 Å². The van der Waals surface area contributed by atoms with Gasteiger partial charge in [-0.15, -0.1) is 0 Å². The van der Waals surface area contributed by atoms with Gasteiger partial charge in [0.2, 0.25) is 0 Å². The molecule has 0 unspecified atom stereocenters. The fourth-order valence-corrected chi connectivity index (χ4v) is 4.27. The lowest BCUT2D eigenvalue weighted by atomic mass is 10.1. The zero-order chi connectivity index (χ0) is 45.0. The van der Waals surface area contributed by atoms with Crippen LogP contribution >= 0.6 is 0 Å². The van der Waals surface area contributed by atoms with E-state index in [1.807, 2.05) is 18.2 Å². The largest absolute Gasteiger partial charge is 0.508 e. The van der Waals surface area contributed by atoms with E-state index in [0.717, 1.165) is 12.1 Å². The molecular weight excluding hydrogens is 763 g/mol. The standard InChI is InChI=1S/C9H8N2O2.C9H11NO2.C8H6N2O3.C8H8N2O.C7H6N2O/c1-5(12)7-2-6(4-10)8(11)3-9(7)13;1-6(11)8-4-3-7(12-2)5-9(8)10;9-3-4-1-5(8(12)13)7(11)2-6(4)10;1-11-7-3-2-6(5-9)8(10)4-7;8-4-5-1-2-6(10)3-7(5)9/h2-3,13H,11H2,1H3;3-5H,10H2,1-2H3;1-2,11H,10H2,(H,12,13);2-4H,10H2,1H3;1-3,10H,9H2. The number of nitrogens with zero attached hydrogens (tertiary/aromatic N) is 4. The van der Waals surface area contributed by atoms with Crippen molar-refractivity contribution in [2.45, 2.75) is 13.8 Å². The average Bonchev–Trinajstić information content (AvgIpc) is 3.18. The molecule has 59 heavy (non-hydrogen) atoms. The van der Waals surface area contributed by atoms with Gasteiger partial charge in [-0.05, 0) is 62.4 Å². The highest BCUT2D eigenvalue weighted by atomic mass is 16.5. The second kappa shape index (κ2) is 22.9. The zero-order valence-corrected chi connectivity index (χ0v) is 32.0. The van der Waals surface area contributed by atoms with Crippen LogP contribution in [-0.4, -0.2) is 52.2 Å². The molecule has 18 heteroatoms. The van der Waals surface area contributed by atoms with Gasteiger partial charge in [0.15, 0.2) is 11.6 Å². The minimum Gasteiger partial charge on any atom is -0.508 e. The molecule has 18 nitrogen and oxygen atoms in total. The Morgan fingerprint density at radius 3 is 1.24 bits per heavy atom. The molecule has 5 aromatic rings. The molecule has 0 atom stereocenters. The maximum Gasteiger partial charge on any atom is 0.339 e. The van der Waals surface area contributed by atoms with Crippen molar-refractivity contribution in [1.29, 1.82) is 21.0 Å². The summed E-state index contributed by atoms with van der Waals surface area (Å²) in [6, 6.07) is 26.2. The number of ether oxygens (including phenoxy) is 2. The average molecular weight is 802 g/mol. The molecule has 14 N–H and O–H groups in total. The molecule has 5 aromatic carbocycles. The number of methoxy groups -OCH3 is 2. The summed E-state index contributed by atoms with van der Waals surface area (Å²) in [7, 11) is 3.11. The summed E-state index contributed by atoms with van der Waals surface area (Å²) in [6.07, 6.45) is 0. The molecular formula is C41H39N9O9. The van der Waals surface area contributed by atoms with E-state index < -0.39 is 11.7 Å². The van der Waals surface area contributed by atoms with E-state index in [-0.39, 0.29) is 56.7 Å². The maximum atomic E-state index is 10.9. The van der Waals surface area contributed by atoms with E-state index in [4.69, 9.17) is 74.5 Å². The number of hydrogen-bond acceptors (Lipinski definition) is 17. The Bertz CT molecular complexity index is 2430. The van der Waals surface area contributed by atoms with Crippen LogP contribution in [0.3, 0.4) is 0 Å². The van der Waals surface area contributed by atoms with Crippen molar-refractivity contribution in [3.8, 4) is 53.0 Å². The van der Waals surface area contributed by atoms with Crippen molar-refractivity contribution in [1.82, 2.24) is 0 Å². The smallest absolute Gasteiger partial charge is 0.339 e. The number of ketones is 2. The highest BCUT2D eigenvalue weighted by Crippen LogP contribution is 2.25. The molecule has 0 spiro atoms. The quantitative estimate of drug-likeness (QED) is 0.0827. The first-order valence-corrected chi connectivity index (χ1v) is 16.3. The van der Waals surface area contributed by atoms with Crippen LogP contribution in [0.25, 0.3) is 0 Å². The molecule has 0 heterocycles. The third-order valence-corrected chi connectivity index (χ3v) is 7.36. The van der Waals surface area contributed by atoms with Crippen LogP contribution in [0.15, 0.2) is 78.9 Å². The first-order chi connectivity index (χ1) is 27.8. The second-order valence-corrected chi connectivity index (χ2v) is 11.5. The van der Waals surface area contributed by atoms with E-state index >= 15 is 0 Å². The normalized spacial score (nSPS) is 9.08. The number of hydrogen-bond donors (Lipinski definition) is 9. The molecule has 0 saturated carbocycles. The third-order valence-electron chi connectivity index (χ3n) is 7.36. The molecule has 302 valence electrons. The predicted molar refractivity (Wildman–Crippen MR) is 218 cm³/mol. The first-order valence-electron chi connectivity index (χ1n) is 16.3. The van der Waals surface area contributed by atoms with Crippen LogP contribution in [0.1, 0.15) is 67.2 Å². The number of nitriles is 4. The lowest BCUT2D eigenvalue weighted by molar-refractivity contribution is 0.0693. The molecule has 0 fully saturated rings. The lowest BCUT2D eigenvalue weighted by Crippen LogP contribution is -2.00. The van der Waals surface area contributed by atoms with E-state index in [2.05, 4.69) is 0 Å². The Labute approximate surface area is 338 Å². The monoisotopic (exact) mass is 801 g/mol. The molecule has 0 aliphatic rings. The number of nitrogens with two attached hydrogens (primary N) is 5. The van der Waals surface area contributed by atoms with Gasteiger partial charge in [0, 0.05) is 41.6 Å². The SMILES string of the molecule is CC(=O)c1cc(C#N)c(N)cc1O.COc1ccc(C#N)c(N)c1.COc1ccc(C(C)=O)c(N)c1.N#Cc1cc(C(=O)O)c(O)cc1N.N#Cc1ccc(O)cc1N. The summed E-state index contributed by atoms with van der Waals surface area (Å²) in [4.78, 5) is 32.4. The Hall–Kier alpha value is -9.13.